The first kappa shape index (κ1) is 24.8. The third-order valence-corrected chi connectivity index (χ3v) is 7.91. The zero-order valence-corrected chi connectivity index (χ0v) is 21.9. The van der Waals surface area contributed by atoms with Crippen LogP contribution in [0.1, 0.15) is 58.2 Å². The number of fused-ring (bicyclic) bond motifs is 1. The fourth-order valence-corrected chi connectivity index (χ4v) is 5.85. The molecule has 1 aliphatic heterocycles. The molecule has 0 fully saturated rings. The van der Waals surface area contributed by atoms with Crippen molar-refractivity contribution in [1.82, 2.24) is 9.80 Å². The molecule has 34 heavy (non-hydrogen) atoms. The van der Waals surface area contributed by atoms with Crippen LogP contribution in [0, 0.1) is 6.92 Å². The van der Waals surface area contributed by atoms with Gasteiger partial charge in [0.25, 0.3) is 5.91 Å². The van der Waals surface area contributed by atoms with Crippen LogP contribution >= 0.6 is 34.5 Å². The summed E-state index contributed by atoms with van der Waals surface area (Å²) in [6, 6.07) is 15.0. The van der Waals surface area contributed by atoms with E-state index in [1.807, 2.05) is 18.7 Å². The molecule has 0 spiro atoms. The zero-order valence-electron chi connectivity index (χ0n) is 19.6. The number of carbonyl (C=O) groups is 2. The van der Waals surface area contributed by atoms with E-state index in [1.54, 1.807) is 34.4 Å². The number of benzene rings is 2. The van der Waals surface area contributed by atoms with E-state index in [9.17, 15) is 9.59 Å². The third-order valence-electron chi connectivity index (χ3n) is 6.48. The molecule has 0 radical (unpaired) electrons. The van der Waals surface area contributed by atoms with Crippen molar-refractivity contribution in [2.24, 2.45) is 0 Å². The maximum Gasteiger partial charge on any atom is 0.254 e. The first-order valence-corrected chi connectivity index (χ1v) is 13.1. The number of nitrogens with zero attached hydrogens (tertiary/aromatic N) is 2. The van der Waals surface area contributed by atoms with Crippen molar-refractivity contribution in [2.75, 3.05) is 13.1 Å². The van der Waals surface area contributed by atoms with Gasteiger partial charge in [0.2, 0.25) is 5.91 Å². The van der Waals surface area contributed by atoms with Crippen LogP contribution in [0.5, 0.6) is 0 Å². The minimum absolute atomic E-state index is 0.000194. The van der Waals surface area contributed by atoms with Crippen LogP contribution in [-0.2, 0) is 11.2 Å². The lowest BCUT2D eigenvalue weighted by Gasteiger charge is -2.38. The normalized spacial score (nSPS) is 16.1. The van der Waals surface area contributed by atoms with Crippen LogP contribution in [-0.4, -0.2) is 40.7 Å². The molecule has 0 bridgehead atoms. The fourth-order valence-electron chi connectivity index (χ4n) is 4.42. The summed E-state index contributed by atoms with van der Waals surface area (Å²) < 4.78 is 0. The molecule has 0 aliphatic carbocycles. The van der Waals surface area contributed by atoms with E-state index >= 15 is 0 Å². The quantitative estimate of drug-likeness (QED) is 0.363. The molecule has 2 atom stereocenters. The van der Waals surface area contributed by atoms with Crippen LogP contribution in [0.4, 0.5) is 0 Å². The fraction of sp³-hybridized carbons (Fsp3) is 0.333. The molecule has 2 aromatic carbocycles. The Hall–Kier alpha value is -2.34. The van der Waals surface area contributed by atoms with Gasteiger partial charge in [0.15, 0.2) is 0 Å². The smallest absolute Gasteiger partial charge is 0.254 e. The van der Waals surface area contributed by atoms with E-state index in [-0.39, 0.29) is 30.4 Å². The predicted octanol–water partition coefficient (Wildman–Crippen LogP) is 6.78. The molecule has 178 valence electrons. The monoisotopic (exact) mass is 514 g/mol. The molecule has 4 rings (SSSR count). The molecule has 0 saturated heterocycles. The van der Waals surface area contributed by atoms with Crippen LogP contribution in [0.3, 0.4) is 0 Å². The Kier molecular flexibility index (Phi) is 7.66. The first-order valence-electron chi connectivity index (χ1n) is 11.5. The number of amides is 2. The molecule has 2 heterocycles. The number of hydrogen-bond acceptors (Lipinski definition) is 3. The maximum absolute atomic E-state index is 13.8. The highest BCUT2D eigenvalue weighted by Crippen LogP contribution is 2.38. The summed E-state index contributed by atoms with van der Waals surface area (Å²) in [6.07, 6.45) is 1.55. The molecule has 1 aromatic heterocycles. The summed E-state index contributed by atoms with van der Waals surface area (Å²) >= 11 is 14.0. The molecule has 4 nitrogen and oxygen atoms in total. The van der Waals surface area contributed by atoms with Crippen LogP contribution < -0.4 is 0 Å². The summed E-state index contributed by atoms with van der Waals surface area (Å²) in [5, 5.41) is 2.89. The molecule has 3 aromatic rings. The first-order chi connectivity index (χ1) is 16.3. The number of halogens is 2. The Balaban J connectivity index is 1.65. The zero-order chi connectivity index (χ0) is 24.4. The van der Waals surface area contributed by atoms with Gasteiger partial charge >= 0.3 is 0 Å². The van der Waals surface area contributed by atoms with Crippen molar-refractivity contribution < 1.29 is 9.59 Å². The molecule has 0 saturated carbocycles. The second kappa shape index (κ2) is 10.5. The maximum atomic E-state index is 13.8. The van der Waals surface area contributed by atoms with Gasteiger partial charge in [-0.3, -0.25) is 9.59 Å². The number of aryl methyl sites for hydroxylation is 1. The SMILES string of the molecule is CCC(C)N(CC(=O)N1CCc2sccc2C1c1ccc(C)cc1)C(=O)c1cc(Cl)cc(Cl)c1. The Morgan fingerprint density at radius 3 is 2.44 bits per heavy atom. The minimum Gasteiger partial charge on any atom is -0.330 e. The van der Waals surface area contributed by atoms with Gasteiger partial charge in [-0.15, -0.1) is 11.3 Å². The van der Waals surface area contributed by atoms with Crippen molar-refractivity contribution in [3.05, 3.63) is 91.1 Å². The standard InChI is InChI=1S/C27H28Cl2N2O2S/c1-4-18(3)31(27(33)20-13-21(28)15-22(29)14-20)16-25(32)30-11-9-24-23(10-12-34-24)26(30)19-7-5-17(2)6-8-19/h5-8,10,12-15,18,26H,4,9,11,16H2,1-3H3. The summed E-state index contributed by atoms with van der Waals surface area (Å²) in [5.74, 6) is -0.309. The van der Waals surface area contributed by atoms with Gasteiger partial charge in [0.1, 0.15) is 6.54 Å². The lowest BCUT2D eigenvalue weighted by atomic mass is 9.92. The van der Waals surface area contributed by atoms with Gasteiger partial charge in [-0.1, -0.05) is 60.0 Å². The number of rotatable bonds is 6. The average Bonchev–Trinajstić information content (AvgIpc) is 3.30. The van der Waals surface area contributed by atoms with E-state index in [2.05, 4.69) is 42.6 Å². The largest absolute Gasteiger partial charge is 0.330 e. The van der Waals surface area contributed by atoms with Gasteiger partial charge in [-0.2, -0.15) is 0 Å². The van der Waals surface area contributed by atoms with E-state index in [0.29, 0.717) is 22.2 Å². The van der Waals surface area contributed by atoms with Crippen molar-refractivity contribution in [3.63, 3.8) is 0 Å². The number of carbonyl (C=O) groups excluding carboxylic acids is 2. The highest BCUT2D eigenvalue weighted by atomic mass is 35.5. The van der Waals surface area contributed by atoms with E-state index in [1.165, 1.54) is 16.0 Å². The number of hydrogen-bond donors (Lipinski definition) is 0. The highest BCUT2D eigenvalue weighted by Gasteiger charge is 2.34. The third kappa shape index (κ3) is 5.17. The van der Waals surface area contributed by atoms with Gasteiger partial charge in [-0.25, -0.2) is 0 Å². The Bertz CT molecular complexity index is 1170. The van der Waals surface area contributed by atoms with Gasteiger partial charge in [0.05, 0.1) is 6.04 Å². The Labute approximate surface area is 215 Å². The van der Waals surface area contributed by atoms with Crippen molar-refractivity contribution in [3.8, 4) is 0 Å². The second-order valence-electron chi connectivity index (χ2n) is 8.80. The van der Waals surface area contributed by atoms with Crippen LogP contribution in [0.2, 0.25) is 10.0 Å². The lowest BCUT2D eigenvalue weighted by molar-refractivity contribution is -0.134. The van der Waals surface area contributed by atoms with E-state index in [4.69, 9.17) is 23.2 Å². The van der Waals surface area contributed by atoms with Crippen molar-refractivity contribution in [1.29, 1.82) is 0 Å². The second-order valence-corrected chi connectivity index (χ2v) is 10.7. The van der Waals surface area contributed by atoms with Crippen molar-refractivity contribution >= 4 is 46.4 Å². The summed E-state index contributed by atoms with van der Waals surface area (Å²) in [5.41, 5.74) is 3.83. The molecular formula is C27H28Cl2N2O2S. The average molecular weight is 516 g/mol. The topological polar surface area (TPSA) is 40.6 Å². The molecule has 1 aliphatic rings. The van der Waals surface area contributed by atoms with Crippen molar-refractivity contribution in [2.45, 2.75) is 45.7 Å². The summed E-state index contributed by atoms with van der Waals surface area (Å²) in [4.78, 5) is 32.1. The molecule has 0 N–H and O–H groups in total. The van der Waals surface area contributed by atoms with E-state index in [0.717, 1.165) is 18.4 Å². The molecule has 2 amide bonds. The van der Waals surface area contributed by atoms with Gasteiger partial charge < -0.3 is 9.80 Å². The molecular weight excluding hydrogens is 487 g/mol. The molecule has 7 heteroatoms. The summed E-state index contributed by atoms with van der Waals surface area (Å²) in [7, 11) is 0. The Morgan fingerprint density at radius 1 is 1.12 bits per heavy atom. The van der Waals surface area contributed by atoms with Crippen LogP contribution in [0.15, 0.2) is 53.9 Å². The Morgan fingerprint density at radius 2 is 1.79 bits per heavy atom. The highest BCUT2D eigenvalue weighted by molar-refractivity contribution is 7.10. The number of thiophene rings is 1. The van der Waals surface area contributed by atoms with E-state index < -0.39 is 0 Å². The lowest BCUT2D eigenvalue weighted by Crippen LogP contribution is -2.49. The van der Waals surface area contributed by atoms with Gasteiger partial charge in [-0.05, 0) is 67.5 Å². The van der Waals surface area contributed by atoms with Crippen LogP contribution in [0.25, 0.3) is 0 Å². The summed E-state index contributed by atoms with van der Waals surface area (Å²) in [6.45, 7) is 6.65. The predicted molar refractivity (Wildman–Crippen MR) is 140 cm³/mol. The minimum atomic E-state index is -0.243. The molecule has 2 unspecified atom stereocenters. The van der Waals surface area contributed by atoms with Gasteiger partial charge in [0, 0.05) is 33.1 Å².